The number of carbonyl (C=O) groups excluding carboxylic acids is 1. The molecule has 1 atom stereocenters. The molecule has 62 valence electrons. The highest BCUT2D eigenvalue weighted by atomic mass is 16.3. The van der Waals surface area contributed by atoms with E-state index >= 15 is 0 Å². The Morgan fingerprint density at radius 2 is 2.08 bits per heavy atom. The summed E-state index contributed by atoms with van der Waals surface area (Å²) in [5, 5.41) is 12.2. The lowest BCUT2D eigenvalue weighted by Crippen LogP contribution is -2.35. The van der Waals surface area contributed by atoms with Gasteiger partial charge in [-0.25, -0.2) is 0 Å². The third-order valence-corrected chi connectivity index (χ3v) is 2.05. The number of nitrogens with one attached hydrogen (secondary N) is 1. The highest BCUT2D eigenvalue weighted by Crippen LogP contribution is 2.27. The topological polar surface area (TPSA) is 49.3 Å². The first-order valence-corrected chi connectivity index (χ1v) is 3.76. The van der Waals surface area contributed by atoms with Crippen molar-refractivity contribution >= 4 is 5.91 Å². The zero-order valence-corrected chi connectivity index (χ0v) is 6.66. The van der Waals surface area contributed by atoms with Crippen molar-refractivity contribution in [3.05, 3.63) is 35.4 Å². The smallest absolute Gasteiger partial charge is 0.254 e. The Bertz CT molecular complexity index is 344. The van der Waals surface area contributed by atoms with Gasteiger partial charge in [0.05, 0.1) is 0 Å². The van der Waals surface area contributed by atoms with Gasteiger partial charge in [-0.15, -0.1) is 0 Å². The highest BCUT2D eigenvalue weighted by Gasteiger charge is 2.36. The van der Waals surface area contributed by atoms with Crippen molar-refractivity contribution in [3.8, 4) is 0 Å². The molecule has 3 heteroatoms. The molecule has 0 saturated carbocycles. The zero-order valence-electron chi connectivity index (χ0n) is 6.66. The fourth-order valence-corrected chi connectivity index (χ4v) is 1.46. The molecule has 0 spiro atoms. The Balaban J connectivity index is 2.66. The number of amides is 1. The van der Waals surface area contributed by atoms with Crippen LogP contribution in [0.25, 0.3) is 0 Å². The molecule has 1 aliphatic rings. The first kappa shape index (κ1) is 7.31. The van der Waals surface area contributed by atoms with Crippen molar-refractivity contribution in [2.24, 2.45) is 0 Å². The van der Waals surface area contributed by atoms with Crippen molar-refractivity contribution in [2.75, 3.05) is 0 Å². The Kier molecular flexibility index (Phi) is 1.26. The van der Waals surface area contributed by atoms with Crippen molar-refractivity contribution in [2.45, 2.75) is 12.6 Å². The number of carbonyl (C=O) groups is 1. The van der Waals surface area contributed by atoms with Crippen LogP contribution in [-0.2, 0) is 5.72 Å². The second-order valence-corrected chi connectivity index (χ2v) is 3.07. The number of fused-ring (bicyclic) bond motifs is 1. The van der Waals surface area contributed by atoms with E-state index in [1.807, 2.05) is 0 Å². The van der Waals surface area contributed by atoms with Crippen LogP contribution in [0, 0.1) is 0 Å². The molecule has 1 aliphatic heterocycles. The summed E-state index contributed by atoms with van der Waals surface area (Å²) in [5.74, 6) is -0.212. The minimum absolute atomic E-state index is 0.212. The van der Waals surface area contributed by atoms with E-state index < -0.39 is 5.72 Å². The van der Waals surface area contributed by atoms with E-state index in [1.54, 1.807) is 31.2 Å². The third-order valence-electron chi connectivity index (χ3n) is 2.05. The van der Waals surface area contributed by atoms with Crippen LogP contribution in [0.3, 0.4) is 0 Å². The molecule has 1 amide bonds. The van der Waals surface area contributed by atoms with Crippen LogP contribution in [0.4, 0.5) is 0 Å². The zero-order chi connectivity index (χ0) is 8.77. The summed E-state index contributed by atoms with van der Waals surface area (Å²) in [6.07, 6.45) is 0. The van der Waals surface area contributed by atoms with E-state index in [-0.39, 0.29) is 5.91 Å². The summed E-state index contributed by atoms with van der Waals surface area (Å²) in [7, 11) is 0. The summed E-state index contributed by atoms with van der Waals surface area (Å²) in [6, 6.07) is 7.02. The van der Waals surface area contributed by atoms with E-state index in [4.69, 9.17) is 0 Å². The van der Waals surface area contributed by atoms with Crippen molar-refractivity contribution < 1.29 is 9.90 Å². The highest BCUT2D eigenvalue weighted by molar-refractivity contribution is 5.99. The second kappa shape index (κ2) is 2.08. The lowest BCUT2D eigenvalue weighted by molar-refractivity contribution is 0.0302. The number of hydrogen-bond acceptors (Lipinski definition) is 2. The summed E-state index contributed by atoms with van der Waals surface area (Å²) < 4.78 is 0. The molecule has 1 aromatic carbocycles. The molecule has 1 aromatic rings. The molecular weight excluding hydrogens is 154 g/mol. The molecule has 0 bridgehead atoms. The van der Waals surface area contributed by atoms with Crippen LogP contribution in [0.15, 0.2) is 24.3 Å². The molecule has 1 heterocycles. The maximum absolute atomic E-state index is 11.2. The van der Waals surface area contributed by atoms with Gasteiger partial charge in [0.1, 0.15) is 0 Å². The molecular formula is C9H9NO2. The summed E-state index contributed by atoms with van der Waals surface area (Å²) in [6.45, 7) is 1.57. The lowest BCUT2D eigenvalue weighted by atomic mass is 10.0. The molecule has 12 heavy (non-hydrogen) atoms. The van der Waals surface area contributed by atoms with Crippen LogP contribution in [0.1, 0.15) is 22.8 Å². The number of benzene rings is 1. The fourth-order valence-electron chi connectivity index (χ4n) is 1.46. The first-order chi connectivity index (χ1) is 5.61. The molecule has 0 aliphatic carbocycles. The molecule has 0 unspecified atom stereocenters. The van der Waals surface area contributed by atoms with Crippen molar-refractivity contribution in [3.63, 3.8) is 0 Å². The third kappa shape index (κ3) is 0.833. The molecule has 0 radical (unpaired) electrons. The number of rotatable bonds is 0. The molecule has 0 aromatic heterocycles. The maximum atomic E-state index is 11.2. The van der Waals surface area contributed by atoms with Gasteiger partial charge in [-0.1, -0.05) is 18.2 Å². The van der Waals surface area contributed by atoms with Crippen LogP contribution in [0.2, 0.25) is 0 Å². The van der Waals surface area contributed by atoms with Crippen LogP contribution >= 0.6 is 0 Å². The van der Waals surface area contributed by atoms with Gasteiger partial charge in [0, 0.05) is 11.1 Å². The van der Waals surface area contributed by atoms with Gasteiger partial charge >= 0.3 is 0 Å². The van der Waals surface area contributed by atoms with Gasteiger partial charge in [0.25, 0.3) is 5.91 Å². The maximum Gasteiger partial charge on any atom is 0.254 e. The summed E-state index contributed by atoms with van der Waals surface area (Å²) in [5.41, 5.74) is 0.00530. The monoisotopic (exact) mass is 163 g/mol. The van der Waals surface area contributed by atoms with Gasteiger partial charge < -0.3 is 10.4 Å². The van der Waals surface area contributed by atoms with E-state index in [0.29, 0.717) is 11.1 Å². The van der Waals surface area contributed by atoms with Gasteiger partial charge in [-0.2, -0.15) is 0 Å². The van der Waals surface area contributed by atoms with Gasteiger partial charge in [-0.3, -0.25) is 4.79 Å². The quantitative estimate of drug-likeness (QED) is 0.588. The molecule has 3 nitrogen and oxygen atoms in total. The number of hydrogen-bond donors (Lipinski definition) is 2. The van der Waals surface area contributed by atoms with Crippen LogP contribution in [-0.4, -0.2) is 11.0 Å². The summed E-state index contributed by atoms with van der Waals surface area (Å²) >= 11 is 0. The average molecular weight is 163 g/mol. The number of aliphatic hydroxyl groups is 1. The van der Waals surface area contributed by atoms with Crippen molar-refractivity contribution in [1.29, 1.82) is 0 Å². The van der Waals surface area contributed by atoms with Gasteiger partial charge in [0.15, 0.2) is 5.72 Å². The van der Waals surface area contributed by atoms with E-state index in [0.717, 1.165) is 0 Å². The van der Waals surface area contributed by atoms with Gasteiger partial charge in [0.2, 0.25) is 0 Å². The van der Waals surface area contributed by atoms with Gasteiger partial charge in [-0.05, 0) is 13.0 Å². The minimum Gasteiger partial charge on any atom is -0.367 e. The van der Waals surface area contributed by atoms with E-state index in [1.165, 1.54) is 0 Å². The molecule has 2 rings (SSSR count). The minimum atomic E-state index is -1.20. The normalized spacial score (nSPS) is 26.7. The lowest BCUT2D eigenvalue weighted by Gasteiger charge is -2.16. The Hall–Kier alpha value is -1.35. The SMILES string of the molecule is C[C@@]1(O)NC(=O)c2ccccc21. The van der Waals surface area contributed by atoms with E-state index in [9.17, 15) is 9.90 Å². The fraction of sp³-hybridized carbons (Fsp3) is 0.222. The van der Waals surface area contributed by atoms with Crippen molar-refractivity contribution in [1.82, 2.24) is 5.32 Å². The first-order valence-electron chi connectivity index (χ1n) is 3.76. The predicted octanol–water partition coefficient (Wildman–Crippen LogP) is 0.595. The van der Waals surface area contributed by atoms with Crippen LogP contribution < -0.4 is 5.32 Å². The Morgan fingerprint density at radius 1 is 1.42 bits per heavy atom. The predicted molar refractivity (Wildman–Crippen MR) is 43.5 cm³/mol. The molecule has 0 fully saturated rings. The van der Waals surface area contributed by atoms with Crippen LogP contribution in [0.5, 0.6) is 0 Å². The second-order valence-electron chi connectivity index (χ2n) is 3.07. The van der Waals surface area contributed by atoms with E-state index in [2.05, 4.69) is 5.32 Å². The standard InChI is InChI=1S/C9H9NO2/c1-9(12)7-5-3-2-4-6(7)8(11)10-9/h2-5,12H,1H3,(H,10,11)/t9-/m0/s1. The Morgan fingerprint density at radius 3 is 2.75 bits per heavy atom. The largest absolute Gasteiger partial charge is 0.367 e. The molecule has 2 N–H and O–H groups in total. The Labute approximate surface area is 70.0 Å². The summed E-state index contributed by atoms with van der Waals surface area (Å²) in [4.78, 5) is 11.2. The molecule has 0 saturated heterocycles. The average Bonchev–Trinajstić information content (AvgIpc) is 2.25.